The minimum Gasteiger partial charge on any atom is -0.497 e. The van der Waals surface area contributed by atoms with E-state index in [1.54, 1.807) is 21.2 Å². The lowest BCUT2D eigenvalue weighted by molar-refractivity contribution is 0.0963. The lowest BCUT2D eigenvalue weighted by atomic mass is 10.0. The van der Waals surface area contributed by atoms with E-state index in [0.717, 1.165) is 36.9 Å². The Bertz CT molecular complexity index is 891. The molecule has 0 aliphatic carbocycles. The topological polar surface area (TPSA) is 78.0 Å². The van der Waals surface area contributed by atoms with Crippen LogP contribution in [0.5, 0.6) is 5.75 Å². The summed E-state index contributed by atoms with van der Waals surface area (Å²) in [6.07, 6.45) is 3.78. The maximum Gasteiger partial charge on any atom is 0.251 e. The number of aliphatic imine (C=N–C) groups is 1. The Morgan fingerprint density at radius 3 is 2.50 bits per heavy atom. The summed E-state index contributed by atoms with van der Waals surface area (Å²) in [6.45, 7) is 3.55. The summed E-state index contributed by atoms with van der Waals surface area (Å²) < 4.78 is 5.33. The number of likely N-dealkylation sites (tertiary alicyclic amines) is 1. The quantitative estimate of drug-likeness (QED) is 0.437. The van der Waals surface area contributed by atoms with Gasteiger partial charge in [-0.3, -0.25) is 14.7 Å². The molecule has 0 saturated carbocycles. The Balaban J connectivity index is 1.63. The molecule has 0 bridgehead atoms. The lowest BCUT2D eigenvalue weighted by Crippen LogP contribution is -2.44. The fourth-order valence-corrected chi connectivity index (χ4v) is 4.08. The van der Waals surface area contributed by atoms with Crippen LogP contribution in [0.4, 0.5) is 0 Å². The number of benzene rings is 2. The predicted molar refractivity (Wildman–Crippen MR) is 129 cm³/mol. The van der Waals surface area contributed by atoms with E-state index >= 15 is 0 Å². The minimum atomic E-state index is -0.0850. The molecule has 1 atom stereocenters. The molecule has 32 heavy (non-hydrogen) atoms. The van der Waals surface area contributed by atoms with E-state index in [1.165, 1.54) is 24.8 Å². The van der Waals surface area contributed by atoms with E-state index in [1.807, 2.05) is 36.4 Å². The number of hydrogen-bond acceptors (Lipinski definition) is 4. The van der Waals surface area contributed by atoms with Crippen molar-refractivity contribution in [3.05, 3.63) is 65.2 Å². The van der Waals surface area contributed by atoms with Gasteiger partial charge in [0.2, 0.25) is 0 Å². The molecule has 1 aliphatic heterocycles. The summed E-state index contributed by atoms with van der Waals surface area (Å²) in [4.78, 5) is 18.8. The monoisotopic (exact) mass is 437 g/mol. The average Bonchev–Trinajstić information content (AvgIpc) is 2.86. The molecular weight excluding hydrogens is 402 g/mol. The molecule has 0 radical (unpaired) electrons. The Hall–Kier alpha value is -3.06. The highest BCUT2D eigenvalue weighted by Crippen LogP contribution is 2.25. The number of amides is 1. The Morgan fingerprint density at radius 2 is 1.84 bits per heavy atom. The van der Waals surface area contributed by atoms with Crippen LogP contribution in [0.15, 0.2) is 53.5 Å². The van der Waals surface area contributed by atoms with Crippen LogP contribution in [0.1, 0.15) is 46.8 Å². The van der Waals surface area contributed by atoms with Crippen LogP contribution >= 0.6 is 0 Å². The van der Waals surface area contributed by atoms with Gasteiger partial charge in [-0.1, -0.05) is 30.7 Å². The van der Waals surface area contributed by atoms with Crippen LogP contribution in [0.25, 0.3) is 0 Å². The van der Waals surface area contributed by atoms with Crippen molar-refractivity contribution in [2.75, 3.05) is 40.8 Å². The first-order chi connectivity index (χ1) is 15.6. The summed E-state index contributed by atoms with van der Waals surface area (Å²) in [5, 5.41) is 9.53. The molecule has 2 aromatic carbocycles. The molecule has 0 spiro atoms. The fourth-order valence-electron chi connectivity index (χ4n) is 4.08. The molecular formula is C25H35N5O2. The van der Waals surface area contributed by atoms with Crippen molar-refractivity contribution in [2.45, 2.75) is 31.8 Å². The van der Waals surface area contributed by atoms with Crippen LogP contribution in [-0.2, 0) is 6.54 Å². The third kappa shape index (κ3) is 6.47. The number of methoxy groups -OCH3 is 1. The normalized spacial score (nSPS) is 15.7. The Labute approximate surface area is 191 Å². The smallest absolute Gasteiger partial charge is 0.251 e. The van der Waals surface area contributed by atoms with Crippen molar-refractivity contribution < 1.29 is 9.53 Å². The summed E-state index contributed by atoms with van der Waals surface area (Å²) in [6, 6.07) is 16.2. The van der Waals surface area contributed by atoms with Gasteiger partial charge in [-0.25, -0.2) is 0 Å². The van der Waals surface area contributed by atoms with Gasteiger partial charge < -0.3 is 20.7 Å². The van der Waals surface area contributed by atoms with Gasteiger partial charge in [-0.15, -0.1) is 0 Å². The number of carbonyl (C=O) groups is 1. The summed E-state index contributed by atoms with van der Waals surface area (Å²) >= 11 is 0. The van der Waals surface area contributed by atoms with Crippen LogP contribution < -0.4 is 20.7 Å². The molecule has 172 valence electrons. The van der Waals surface area contributed by atoms with Crippen LogP contribution in [0.3, 0.4) is 0 Å². The van der Waals surface area contributed by atoms with Gasteiger partial charge in [0.1, 0.15) is 5.75 Å². The SMILES string of the molecule is CN=C(NCc1cccc(C(=O)NC)c1)NCC(c1ccc(OC)cc1)N1CCCCC1. The Kier molecular flexibility index (Phi) is 8.92. The summed E-state index contributed by atoms with van der Waals surface area (Å²) in [5.74, 6) is 1.53. The third-order valence-electron chi connectivity index (χ3n) is 5.89. The largest absolute Gasteiger partial charge is 0.497 e. The van der Waals surface area contributed by atoms with Crippen molar-refractivity contribution in [2.24, 2.45) is 4.99 Å². The van der Waals surface area contributed by atoms with Gasteiger partial charge in [-0.05, 0) is 61.3 Å². The van der Waals surface area contributed by atoms with Crippen molar-refractivity contribution in [1.82, 2.24) is 20.9 Å². The highest BCUT2D eigenvalue weighted by Gasteiger charge is 2.22. The minimum absolute atomic E-state index is 0.0850. The standard InChI is InChI=1S/C25H35N5O2/c1-26-24(31)21-9-7-8-19(16-21)17-28-25(27-2)29-18-23(30-14-5-4-6-15-30)20-10-12-22(32-3)13-11-20/h7-13,16,23H,4-6,14-15,17-18H2,1-3H3,(H,26,31)(H2,27,28,29). The number of rotatable bonds is 8. The van der Waals surface area contributed by atoms with Gasteiger partial charge in [-0.2, -0.15) is 0 Å². The molecule has 7 heteroatoms. The maximum absolute atomic E-state index is 11.9. The molecule has 3 N–H and O–H groups in total. The average molecular weight is 438 g/mol. The predicted octanol–water partition coefficient (Wildman–Crippen LogP) is 2.95. The van der Waals surface area contributed by atoms with Gasteiger partial charge in [0.05, 0.1) is 13.2 Å². The van der Waals surface area contributed by atoms with E-state index in [-0.39, 0.29) is 11.9 Å². The first-order valence-corrected chi connectivity index (χ1v) is 11.3. The molecule has 1 amide bonds. The van der Waals surface area contributed by atoms with Crippen molar-refractivity contribution in [3.8, 4) is 5.75 Å². The molecule has 7 nitrogen and oxygen atoms in total. The van der Waals surface area contributed by atoms with Gasteiger partial charge in [0.25, 0.3) is 5.91 Å². The van der Waals surface area contributed by atoms with E-state index in [4.69, 9.17) is 4.74 Å². The number of nitrogens with one attached hydrogen (secondary N) is 3. The molecule has 0 aromatic heterocycles. The van der Waals surface area contributed by atoms with E-state index in [9.17, 15) is 4.79 Å². The lowest BCUT2D eigenvalue weighted by Gasteiger charge is -2.35. The van der Waals surface area contributed by atoms with Crippen molar-refractivity contribution in [3.63, 3.8) is 0 Å². The van der Waals surface area contributed by atoms with Gasteiger partial charge in [0.15, 0.2) is 5.96 Å². The van der Waals surface area contributed by atoms with Crippen LogP contribution in [-0.4, -0.2) is 57.6 Å². The molecule has 3 rings (SSSR count). The molecule has 1 fully saturated rings. The van der Waals surface area contributed by atoms with E-state index in [0.29, 0.717) is 12.1 Å². The Morgan fingerprint density at radius 1 is 1.09 bits per heavy atom. The van der Waals surface area contributed by atoms with Gasteiger partial charge in [0, 0.05) is 32.7 Å². The van der Waals surface area contributed by atoms with Crippen molar-refractivity contribution >= 4 is 11.9 Å². The second-order valence-electron chi connectivity index (χ2n) is 7.97. The summed E-state index contributed by atoms with van der Waals surface area (Å²) in [7, 11) is 5.11. The first-order valence-electron chi connectivity index (χ1n) is 11.3. The maximum atomic E-state index is 11.9. The first kappa shape index (κ1) is 23.6. The highest BCUT2D eigenvalue weighted by atomic mass is 16.5. The molecule has 1 unspecified atom stereocenters. The molecule has 1 saturated heterocycles. The molecule has 1 aliphatic rings. The number of ether oxygens (including phenoxy) is 1. The summed E-state index contributed by atoms with van der Waals surface area (Å²) in [5.41, 5.74) is 2.95. The second kappa shape index (κ2) is 12.1. The zero-order valence-electron chi connectivity index (χ0n) is 19.4. The van der Waals surface area contributed by atoms with Gasteiger partial charge >= 0.3 is 0 Å². The van der Waals surface area contributed by atoms with E-state index in [2.05, 4.69) is 38.0 Å². The fraction of sp³-hybridized carbons (Fsp3) is 0.440. The van der Waals surface area contributed by atoms with E-state index < -0.39 is 0 Å². The van der Waals surface area contributed by atoms with Crippen molar-refractivity contribution in [1.29, 1.82) is 0 Å². The molecule has 1 heterocycles. The zero-order valence-corrected chi connectivity index (χ0v) is 19.4. The zero-order chi connectivity index (χ0) is 22.8. The highest BCUT2D eigenvalue weighted by molar-refractivity contribution is 5.94. The van der Waals surface area contributed by atoms with Crippen LogP contribution in [0.2, 0.25) is 0 Å². The number of hydrogen-bond donors (Lipinski definition) is 3. The third-order valence-corrected chi connectivity index (χ3v) is 5.89. The second-order valence-corrected chi connectivity index (χ2v) is 7.97. The molecule has 2 aromatic rings. The number of carbonyl (C=O) groups excluding carboxylic acids is 1. The number of guanidine groups is 1. The number of nitrogens with zero attached hydrogens (tertiary/aromatic N) is 2. The number of piperidine rings is 1. The van der Waals surface area contributed by atoms with Crippen LogP contribution in [0, 0.1) is 0 Å².